The Hall–Kier alpha value is -1.73. The van der Waals surface area contributed by atoms with Crippen molar-refractivity contribution < 1.29 is 9.53 Å². The van der Waals surface area contributed by atoms with E-state index in [0.29, 0.717) is 19.7 Å². The normalized spacial score (nSPS) is 21.8. The number of fused-ring (bicyclic) bond motifs is 1. The summed E-state index contributed by atoms with van der Waals surface area (Å²) in [5, 5.41) is 8.52. The molecule has 1 amide bonds. The van der Waals surface area contributed by atoms with Crippen molar-refractivity contribution in [2.45, 2.75) is 25.1 Å². The van der Waals surface area contributed by atoms with E-state index < -0.39 is 0 Å². The van der Waals surface area contributed by atoms with Gasteiger partial charge in [-0.1, -0.05) is 30.3 Å². The van der Waals surface area contributed by atoms with Crippen LogP contribution in [0.2, 0.25) is 0 Å². The van der Waals surface area contributed by atoms with Crippen LogP contribution in [-0.4, -0.2) is 49.7 Å². The summed E-state index contributed by atoms with van der Waals surface area (Å²) in [5.74, 6) is -0.0219. The minimum Gasteiger partial charge on any atom is -0.366 e. The van der Waals surface area contributed by atoms with Gasteiger partial charge in [-0.15, -0.1) is 11.3 Å². The minimum atomic E-state index is -0.384. The Bertz CT molecular complexity index is 728. The average molecular weight is 372 g/mol. The van der Waals surface area contributed by atoms with Crippen molar-refractivity contribution in [3.63, 3.8) is 0 Å². The second-order valence-electron chi connectivity index (χ2n) is 6.82. The molecule has 2 aliphatic heterocycles. The monoisotopic (exact) mass is 371 g/mol. The molecule has 0 spiro atoms. The van der Waals surface area contributed by atoms with Gasteiger partial charge in [-0.05, 0) is 29.0 Å². The number of hydrogen-bond acceptors (Lipinski definition) is 5. The highest BCUT2D eigenvalue weighted by atomic mass is 32.1. The summed E-state index contributed by atoms with van der Waals surface area (Å²) in [4.78, 5) is 16.5. The summed E-state index contributed by atoms with van der Waals surface area (Å²) in [5.41, 5.74) is 2.67. The second kappa shape index (κ2) is 8.31. The molecule has 2 aromatic rings. The lowest BCUT2D eigenvalue weighted by atomic mass is 10.0. The van der Waals surface area contributed by atoms with Crippen LogP contribution in [0.5, 0.6) is 0 Å². The summed E-state index contributed by atoms with van der Waals surface area (Å²) in [6.45, 7) is 4.55. The largest absolute Gasteiger partial charge is 0.366 e. The van der Waals surface area contributed by atoms with Gasteiger partial charge < -0.3 is 15.4 Å². The van der Waals surface area contributed by atoms with E-state index in [2.05, 4.69) is 51.2 Å². The van der Waals surface area contributed by atoms with Gasteiger partial charge in [-0.3, -0.25) is 9.69 Å². The number of morpholine rings is 1. The Balaban J connectivity index is 1.46. The van der Waals surface area contributed by atoms with Gasteiger partial charge in [-0.25, -0.2) is 0 Å². The number of rotatable bonds is 5. The molecule has 0 aliphatic carbocycles. The summed E-state index contributed by atoms with van der Waals surface area (Å²) in [7, 11) is 0. The van der Waals surface area contributed by atoms with Gasteiger partial charge in [0.2, 0.25) is 0 Å². The number of carbonyl (C=O) groups excluding carboxylic acids is 1. The van der Waals surface area contributed by atoms with Crippen molar-refractivity contribution in [1.82, 2.24) is 15.5 Å². The Labute approximate surface area is 158 Å². The van der Waals surface area contributed by atoms with Crippen molar-refractivity contribution >= 4 is 17.2 Å². The number of thiophene rings is 1. The molecule has 4 rings (SSSR count). The fraction of sp³-hybridized carbons (Fsp3) is 0.450. The van der Waals surface area contributed by atoms with Gasteiger partial charge in [0, 0.05) is 37.6 Å². The van der Waals surface area contributed by atoms with E-state index in [9.17, 15) is 4.79 Å². The number of hydrogen-bond donors (Lipinski definition) is 2. The van der Waals surface area contributed by atoms with E-state index >= 15 is 0 Å². The Kier molecular flexibility index (Phi) is 5.65. The lowest BCUT2D eigenvalue weighted by Gasteiger charge is -2.35. The maximum atomic E-state index is 12.5. The molecule has 5 nitrogen and oxygen atoms in total. The van der Waals surface area contributed by atoms with Gasteiger partial charge in [-0.2, -0.15) is 0 Å². The molecule has 0 saturated carbocycles. The molecule has 1 aromatic carbocycles. The maximum absolute atomic E-state index is 12.5. The molecule has 2 unspecified atom stereocenters. The summed E-state index contributed by atoms with van der Waals surface area (Å²) in [6.07, 6.45) is 0.699. The van der Waals surface area contributed by atoms with E-state index in [1.54, 1.807) is 0 Å². The molecule has 3 heterocycles. The molecule has 6 heteroatoms. The number of nitrogens with zero attached hydrogens (tertiary/aromatic N) is 1. The van der Waals surface area contributed by atoms with Crippen molar-refractivity contribution in [3.8, 4) is 0 Å². The molecule has 2 aliphatic rings. The van der Waals surface area contributed by atoms with Crippen LogP contribution in [-0.2, 0) is 22.5 Å². The molecule has 138 valence electrons. The average Bonchev–Trinajstić information content (AvgIpc) is 3.17. The van der Waals surface area contributed by atoms with Gasteiger partial charge in [0.25, 0.3) is 5.91 Å². The van der Waals surface area contributed by atoms with Crippen LogP contribution in [0.3, 0.4) is 0 Å². The van der Waals surface area contributed by atoms with E-state index in [4.69, 9.17) is 4.74 Å². The Morgan fingerprint density at radius 1 is 1.35 bits per heavy atom. The predicted molar refractivity (Wildman–Crippen MR) is 103 cm³/mol. The van der Waals surface area contributed by atoms with Crippen LogP contribution in [0, 0.1) is 0 Å². The first kappa shape index (κ1) is 17.7. The van der Waals surface area contributed by atoms with Crippen LogP contribution < -0.4 is 10.6 Å². The quantitative estimate of drug-likeness (QED) is 0.844. The first-order chi connectivity index (χ1) is 12.8. The van der Waals surface area contributed by atoms with Crippen molar-refractivity contribution in [1.29, 1.82) is 0 Å². The van der Waals surface area contributed by atoms with Crippen molar-refractivity contribution in [3.05, 3.63) is 57.8 Å². The molecule has 1 aromatic heterocycles. The zero-order chi connectivity index (χ0) is 17.8. The fourth-order valence-corrected chi connectivity index (χ4v) is 4.60. The van der Waals surface area contributed by atoms with Gasteiger partial charge in [0.15, 0.2) is 0 Å². The third-order valence-corrected chi connectivity index (χ3v) is 6.17. The number of carbonyl (C=O) groups is 1. The first-order valence-corrected chi connectivity index (χ1v) is 10.1. The molecule has 1 fully saturated rings. The van der Waals surface area contributed by atoms with Crippen molar-refractivity contribution in [2.75, 3.05) is 32.8 Å². The molecular formula is C20H25N3O2S. The third kappa shape index (κ3) is 3.99. The van der Waals surface area contributed by atoms with Crippen LogP contribution in [0.4, 0.5) is 0 Å². The molecule has 2 N–H and O–H groups in total. The highest BCUT2D eigenvalue weighted by Crippen LogP contribution is 2.30. The Morgan fingerprint density at radius 2 is 2.23 bits per heavy atom. The van der Waals surface area contributed by atoms with Crippen LogP contribution in [0.15, 0.2) is 41.8 Å². The fourth-order valence-electron chi connectivity index (χ4n) is 3.71. The Morgan fingerprint density at radius 3 is 3.04 bits per heavy atom. The predicted octanol–water partition coefficient (Wildman–Crippen LogP) is 1.95. The zero-order valence-corrected chi connectivity index (χ0v) is 15.6. The number of nitrogens with one attached hydrogen (secondary N) is 2. The number of ether oxygens (including phenoxy) is 1. The second-order valence-corrected chi connectivity index (χ2v) is 7.83. The molecule has 1 saturated heterocycles. The zero-order valence-electron chi connectivity index (χ0n) is 14.8. The molecule has 0 radical (unpaired) electrons. The SMILES string of the molecule is O=C(NCC(c1ccccc1)N1CCc2sccc2C1)C1CNCCO1. The van der Waals surface area contributed by atoms with Gasteiger partial charge in [0.1, 0.15) is 6.10 Å². The van der Waals surface area contributed by atoms with E-state index in [0.717, 1.165) is 26.1 Å². The maximum Gasteiger partial charge on any atom is 0.250 e. The third-order valence-electron chi connectivity index (χ3n) is 5.15. The van der Waals surface area contributed by atoms with Gasteiger partial charge in [0.05, 0.1) is 12.6 Å². The summed E-state index contributed by atoms with van der Waals surface area (Å²) < 4.78 is 5.57. The van der Waals surface area contributed by atoms with Crippen LogP contribution in [0.25, 0.3) is 0 Å². The summed E-state index contributed by atoms with van der Waals surface area (Å²) in [6, 6.07) is 12.9. The van der Waals surface area contributed by atoms with Crippen molar-refractivity contribution in [2.24, 2.45) is 0 Å². The smallest absolute Gasteiger partial charge is 0.250 e. The highest BCUT2D eigenvalue weighted by molar-refractivity contribution is 7.10. The highest BCUT2D eigenvalue weighted by Gasteiger charge is 2.27. The number of benzene rings is 1. The topological polar surface area (TPSA) is 53.6 Å². The standard InChI is InChI=1S/C20H25N3O2S/c24-20(18-13-21-8-10-25-18)22-12-17(15-4-2-1-3-5-15)23-9-6-19-16(14-23)7-11-26-19/h1-5,7,11,17-18,21H,6,8-10,12-14H2,(H,22,24). The van der Waals surface area contributed by atoms with E-state index in [-0.39, 0.29) is 18.1 Å². The van der Waals surface area contributed by atoms with Gasteiger partial charge >= 0.3 is 0 Å². The van der Waals surface area contributed by atoms with Crippen LogP contribution >= 0.6 is 11.3 Å². The first-order valence-electron chi connectivity index (χ1n) is 9.25. The summed E-state index contributed by atoms with van der Waals surface area (Å²) >= 11 is 1.85. The molecule has 26 heavy (non-hydrogen) atoms. The number of amides is 1. The van der Waals surface area contributed by atoms with E-state index in [1.807, 2.05) is 17.4 Å². The minimum absolute atomic E-state index is 0.0219. The lowest BCUT2D eigenvalue weighted by Crippen LogP contribution is -2.49. The van der Waals surface area contributed by atoms with Crippen LogP contribution in [0.1, 0.15) is 22.0 Å². The molecular weight excluding hydrogens is 346 g/mol. The van der Waals surface area contributed by atoms with E-state index in [1.165, 1.54) is 16.0 Å². The lowest BCUT2D eigenvalue weighted by molar-refractivity contribution is -0.134. The molecule has 2 atom stereocenters. The molecule has 0 bridgehead atoms.